The maximum Gasteiger partial charge on any atom is 0.237 e. The van der Waals surface area contributed by atoms with E-state index in [4.69, 9.17) is 4.42 Å². The molecule has 0 spiro atoms. The smallest absolute Gasteiger partial charge is 0.237 e. The molecule has 0 saturated carbocycles. The second-order valence-corrected chi connectivity index (χ2v) is 4.64. The fraction of sp³-hybridized carbons (Fsp3) is 0.643. The Hall–Kier alpha value is -1.29. The highest BCUT2D eigenvalue weighted by Gasteiger charge is 2.15. The number of hydrogen-bond donors (Lipinski definition) is 2. The van der Waals surface area contributed by atoms with Crippen molar-refractivity contribution < 1.29 is 9.21 Å². The summed E-state index contributed by atoms with van der Waals surface area (Å²) in [4.78, 5) is 11.9. The quantitative estimate of drug-likeness (QED) is 0.783. The van der Waals surface area contributed by atoms with E-state index in [2.05, 4.69) is 24.5 Å². The molecule has 1 unspecified atom stereocenters. The largest absolute Gasteiger partial charge is 0.465 e. The monoisotopic (exact) mass is 252 g/mol. The summed E-state index contributed by atoms with van der Waals surface area (Å²) >= 11 is 0. The van der Waals surface area contributed by atoms with Gasteiger partial charge in [0.2, 0.25) is 5.91 Å². The van der Waals surface area contributed by atoms with E-state index < -0.39 is 0 Å². The lowest BCUT2D eigenvalue weighted by Gasteiger charge is -2.18. The van der Waals surface area contributed by atoms with Crippen molar-refractivity contribution in [3.63, 3.8) is 0 Å². The van der Waals surface area contributed by atoms with Crippen LogP contribution in [-0.2, 0) is 11.3 Å². The van der Waals surface area contributed by atoms with Crippen LogP contribution in [0.15, 0.2) is 16.5 Å². The number of amides is 1. The number of carbonyl (C=O) groups is 1. The molecule has 1 aromatic heterocycles. The first kappa shape index (κ1) is 14.8. The normalized spacial score (nSPS) is 12.7. The van der Waals surface area contributed by atoms with Crippen molar-refractivity contribution >= 4 is 5.91 Å². The molecule has 0 fully saturated rings. The first-order chi connectivity index (χ1) is 8.56. The molecule has 1 rings (SSSR count). The molecule has 1 atom stereocenters. The van der Waals surface area contributed by atoms with Gasteiger partial charge in [0, 0.05) is 6.04 Å². The molecule has 1 amide bonds. The van der Waals surface area contributed by atoms with Crippen LogP contribution in [0.4, 0.5) is 0 Å². The molecule has 1 aromatic rings. The molecule has 4 heteroatoms. The van der Waals surface area contributed by atoms with E-state index in [1.165, 1.54) is 0 Å². The fourth-order valence-electron chi connectivity index (χ4n) is 1.75. The van der Waals surface area contributed by atoms with Gasteiger partial charge in [-0.15, -0.1) is 0 Å². The maximum atomic E-state index is 11.9. The minimum absolute atomic E-state index is 0.0481. The average molecular weight is 252 g/mol. The Morgan fingerprint density at radius 2 is 2.00 bits per heavy atom. The standard InChI is InChI=1S/C14H24N2O2/c1-5-12(6-2)16-14(17)11(4)15-9-13-8-7-10(3)18-13/h7-8,11-12,15H,5-6,9H2,1-4H3,(H,16,17). The Morgan fingerprint density at radius 1 is 1.33 bits per heavy atom. The van der Waals surface area contributed by atoms with E-state index in [9.17, 15) is 4.79 Å². The third-order valence-electron chi connectivity index (χ3n) is 3.10. The summed E-state index contributed by atoms with van der Waals surface area (Å²) in [7, 11) is 0. The van der Waals surface area contributed by atoms with Crippen LogP contribution in [0.2, 0.25) is 0 Å². The van der Waals surface area contributed by atoms with E-state index in [0.29, 0.717) is 6.54 Å². The number of carbonyl (C=O) groups excluding carboxylic acids is 1. The number of rotatable bonds is 7. The van der Waals surface area contributed by atoms with Gasteiger partial charge >= 0.3 is 0 Å². The molecule has 0 aliphatic rings. The highest BCUT2D eigenvalue weighted by atomic mass is 16.3. The fourth-order valence-corrected chi connectivity index (χ4v) is 1.75. The minimum atomic E-state index is -0.212. The predicted octanol–water partition coefficient (Wildman–Crippen LogP) is 2.37. The number of furan rings is 1. The zero-order chi connectivity index (χ0) is 13.5. The molecule has 102 valence electrons. The SMILES string of the molecule is CCC(CC)NC(=O)C(C)NCc1ccc(C)o1. The Morgan fingerprint density at radius 3 is 2.50 bits per heavy atom. The van der Waals surface area contributed by atoms with E-state index in [-0.39, 0.29) is 18.0 Å². The first-order valence-electron chi connectivity index (χ1n) is 6.65. The number of aryl methyl sites for hydroxylation is 1. The molecule has 18 heavy (non-hydrogen) atoms. The molecule has 1 heterocycles. The Labute approximate surface area is 109 Å². The molecule has 0 aromatic carbocycles. The summed E-state index contributed by atoms with van der Waals surface area (Å²) in [6, 6.07) is 3.91. The van der Waals surface area contributed by atoms with Crippen LogP contribution in [0.1, 0.15) is 45.1 Å². The van der Waals surface area contributed by atoms with Crippen LogP contribution >= 0.6 is 0 Å². The van der Waals surface area contributed by atoms with Crippen LogP contribution in [0, 0.1) is 6.92 Å². The third kappa shape index (κ3) is 4.53. The molecule has 0 bridgehead atoms. The number of nitrogens with one attached hydrogen (secondary N) is 2. The van der Waals surface area contributed by atoms with Gasteiger partial charge in [-0.25, -0.2) is 0 Å². The van der Waals surface area contributed by atoms with E-state index in [1.807, 2.05) is 26.0 Å². The van der Waals surface area contributed by atoms with Crippen LogP contribution < -0.4 is 10.6 Å². The molecular formula is C14H24N2O2. The number of hydrogen-bond acceptors (Lipinski definition) is 3. The van der Waals surface area contributed by atoms with Crippen molar-refractivity contribution in [3.05, 3.63) is 23.7 Å². The van der Waals surface area contributed by atoms with E-state index in [1.54, 1.807) is 0 Å². The third-order valence-corrected chi connectivity index (χ3v) is 3.10. The van der Waals surface area contributed by atoms with Crippen molar-refractivity contribution in [3.8, 4) is 0 Å². The molecular weight excluding hydrogens is 228 g/mol. The zero-order valence-corrected chi connectivity index (χ0v) is 11.7. The summed E-state index contributed by atoms with van der Waals surface area (Å²) in [5.41, 5.74) is 0. The summed E-state index contributed by atoms with van der Waals surface area (Å²) in [5, 5.41) is 6.19. The highest BCUT2D eigenvalue weighted by Crippen LogP contribution is 2.06. The Balaban J connectivity index is 2.35. The van der Waals surface area contributed by atoms with Crippen molar-refractivity contribution in [2.75, 3.05) is 0 Å². The van der Waals surface area contributed by atoms with Crippen molar-refractivity contribution in [2.24, 2.45) is 0 Å². The molecule has 4 nitrogen and oxygen atoms in total. The van der Waals surface area contributed by atoms with Gasteiger partial charge < -0.3 is 9.73 Å². The van der Waals surface area contributed by atoms with Crippen molar-refractivity contribution in [2.45, 2.75) is 59.2 Å². The van der Waals surface area contributed by atoms with E-state index >= 15 is 0 Å². The second kappa shape index (κ2) is 7.21. The Kier molecular flexibility index (Phi) is 5.92. The topological polar surface area (TPSA) is 54.3 Å². The summed E-state index contributed by atoms with van der Waals surface area (Å²) in [5.74, 6) is 1.79. The van der Waals surface area contributed by atoms with Crippen LogP contribution in [0.3, 0.4) is 0 Å². The molecule has 0 radical (unpaired) electrons. The van der Waals surface area contributed by atoms with Gasteiger partial charge in [-0.1, -0.05) is 13.8 Å². The van der Waals surface area contributed by atoms with Gasteiger partial charge in [-0.3, -0.25) is 10.1 Å². The van der Waals surface area contributed by atoms with Gasteiger partial charge in [0.25, 0.3) is 0 Å². The van der Waals surface area contributed by atoms with E-state index in [0.717, 1.165) is 24.4 Å². The van der Waals surface area contributed by atoms with Gasteiger partial charge in [0.05, 0.1) is 12.6 Å². The van der Waals surface area contributed by atoms with Crippen LogP contribution in [-0.4, -0.2) is 18.0 Å². The predicted molar refractivity (Wildman–Crippen MR) is 72.3 cm³/mol. The summed E-state index contributed by atoms with van der Waals surface area (Å²) < 4.78 is 5.44. The van der Waals surface area contributed by atoms with Gasteiger partial charge in [0.1, 0.15) is 11.5 Å². The Bertz CT molecular complexity index is 370. The molecule has 0 aliphatic carbocycles. The first-order valence-corrected chi connectivity index (χ1v) is 6.65. The molecule has 0 aliphatic heterocycles. The van der Waals surface area contributed by atoms with Crippen molar-refractivity contribution in [1.82, 2.24) is 10.6 Å². The van der Waals surface area contributed by atoms with Crippen LogP contribution in [0.5, 0.6) is 0 Å². The molecule has 0 saturated heterocycles. The van der Waals surface area contributed by atoms with Gasteiger partial charge in [0.15, 0.2) is 0 Å². The second-order valence-electron chi connectivity index (χ2n) is 4.64. The van der Waals surface area contributed by atoms with Gasteiger partial charge in [-0.05, 0) is 38.8 Å². The average Bonchev–Trinajstić information content (AvgIpc) is 2.78. The zero-order valence-electron chi connectivity index (χ0n) is 11.7. The summed E-state index contributed by atoms with van der Waals surface area (Å²) in [6.07, 6.45) is 1.93. The van der Waals surface area contributed by atoms with Crippen molar-refractivity contribution in [1.29, 1.82) is 0 Å². The minimum Gasteiger partial charge on any atom is -0.465 e. The lowest BCUT2D eigenvalue weighted by molar-refractivity contribution is -0.123. The molecule has 2 N–H and O–H groups in total. The lowest BCUT2D eigenvalue weighted by atomic mass is 10.1. The maximum absolute atomic E-state index is 11.9. The summed E-state index contributed by atoms with van der Waals surface area (Å²) in [6.45, 7) is 8.52. The van der Waals surface area contributed by atoms with Gasteiger partial charge in [-0.2, -0.15) is 0 Å². The van der Waals surface area contributed by atoms with Crippen LogP contribution in [0.25, 0.3) is 0 Å². The highest BCUT2D eigenvalue weighted by molar-refractivity contribution is 5.81. The lowest BCUT2D eigenvalue weighted by Crippen LogP contribution is -2.45.